The Morgan fingerprint density at radius 1 is 0.914 bits per heavy atom. The zero-order chi connectivity index (χ0) is 25.8. The van der Waals surface area contributed by atoms with Crippen LogP contribution in [0.15, 0.2) is 77.7 Å². The molecule has 0 bridgehead atoms. The number of anilines is 2. The summed E-state index contributed by atoms with van der Waals surface area (Å²) in [4.78, 5) is 25.8. The molecule has 0 atom stereocenters. The van der Waals surface area contributed by atoms with Crippen LogP contribution in [0, 0.1) is 0 Å². The summed E-state index contributed by atoms with van der Waals surface area (Å²) in [5.41, 5.74) is 0.0532. The van der Waals surface area contributed by atoms with Crippen LogP contribution < -0.4 is 14.9 Å². The molecule has 0 saturated heterocycles. The Hall–Kier alpha value is -3.07. The van der Waals surface area contributed by atoms with E-state index in [1.54, 1.807) is 42.5 Å². The first-order valence-corrected chi connectivity index (χ1v) is 12.8. The summed E-state index contributed by atoms with van der Waals surface area (Å²) >= 11 is 12.4. The van der Waals surface area contributed by atoms with Crippen LogP contribution in [0.1, 0.15) is 31.1 Å². The monoisotopic (exact) mass is 533 g/mol. The molecule has 3 aromatic rings. The molecule has 0 aromatic heterocycles. The van der Waals surface area contributed by atoms with Gasteiger partial charge in [-0.2, -0.15) is 0 Å². The SMILES string of the molecule is CC(C)(C)NC(=O)c1ccccc1NC(=O)CN(c1cc(Cl)ccc1Cl)S(=O)(=O)c1ccccc1. The van der Waals surface area contributed by atoms with Gasteiger partial charge in [-0.3, -0.25) is 13.9 Å². The van der Waals surface area contributed by atoms with Crippen molar-refractivity contribution in [2.24, 2.45) is 0 Å². The van der Waals surface area contributed by atoms with E-state index in [0.29, 0.717) is 0 Å². The number of hydrogen-bond donors (Lipinski definition) is 2. The van der Waals surface area contributed by atoms with E-state index in [-0.39, 0.29) is 37.8 Å². The zero-order valence-corrected chi connectivity index (χ0v) is 21.7. The Kier molecular flexibility index (Phi) is 8.10. The fraction of sp³-hybridized carbons (Fsp3) is 0.200. The molecule has 3 rings (SSSR count). The summed E-state index contributed by atoms with van der Waals surface area (Å²) in [6, 6.07) is 18.5. The molecule has 0 unspecified atom stereocenters. The van der Waals surface area contributed by atoms with E-state index < -0.39 is 28.0 Å². The van der Waals surface area contributed by atoms with Gasteiger partial charge in [-0.15, -0.1) is 0 Å². The maximum absolute atomic E-state index is 13.5. The minimum absolute atomic E-state index is 0.0196. The third kappa shape index (κ3) is 6.75. The topological polar surface area (TPSA) is 95.6 Å². The molecule has 0 spiro atoms. The van der Waals surface area contributed by atoms with Gasteiger partial charge in [-0.1, -0.05) is 53.5 Å². The molecule has 2 N–H and O–H groups in total. The van der Waals surface area contributed by atoms with Crippen molar-refractivity contribution in [3.05, 3.63) is 88.4 Å². The molecular formula is C25H25Cl2N3O4S. The molecule has 0 heterocycles. The van der Waals surface area contributed by atoms with Crippen molar-refractivity contribution in [3.8, 4) is 0 Å². The van der Waals surface area contributed by atoms with Crippen molar-refractivity contribution in [1.82, 2.24) is 5.32 Å². The summed E-state index contributed by atoms with van der Waals surface area (Å²) in [7, 11) is -4.18. The highest BCUT2D eigenvalue weighted by Crippen LogP contribution is 2.33. The smallest absolute Gasteiger partial charge is 0.264 e. The van der Waals surface area contributed by atoms with Gasteiger partial charge < -0.3 is 10.6 Å². The third-order valence-corrected chi connectivity index (χ3v) is 7.06. The van der Waals surface area contributed by atoms with Gasteiger partial charge in [-0.25, -0.2) is 8.42 Å². The van der Waals surface area contributed by atoms with E-state index in [1.165, 1.54) is 30.3 Å². The number of rotatable bonds is 7. The number of halogens is 2. The molecular weight excluding hydrogens is 509 g/mol. The van der Waals surface area contributed by atoms with Crippen LogP contribution >= 0.6 is 23.2 Å². The van der Waals surface area contributed by atoms with Gasteiger partial charge in [0.05, 0.1) is 26.9 Å². The summed E-state index contributed by atoms with van der Waals surface area (Å²) in [6.45, 7) is 4.92. The van der Waals surface area contributed by atoms with Crippen LogP contribution in [0.2, 0.25) is 10.0 Å². The summed E-state index contributed by atoms with van der Waals surface area (Å²) < 4.78 is 27.9. The van der Waals surface area contributed by atoms with E-state index in [1.807, 2.05) is 20.8 Å². The first-order chi connectivity index (χ1) is 16.4. The number of benzene rings is 3. The number of hydrogen-bond acceptors (Lipinski definition) is 4. The average molecular weight is 534 g/mol. The van der Waals surface area contributed by atoms with Crippen LogP contribution in [-0.4, -0.2) is 32.3 Å². The van der Waals surface area contributed by atoms with Gasteiger partial charge in [0.25, 0.3) is 15.9 Å². The van der Waals surface area contributed by atoms with Crippen LogP contribution in [0.4, 0.5) is 11.4 Å². The second-order valence-corrected chi connectivity index (χ2v) is 11.4. The van der Waals surface area contributed by atoms with Gasteiger partial charge in [0, 0.05) is 10.6 Å². The third-order valence-electron chi connectivity index (χ3n) is 4.73. The molecule has 3 aromatic carbocycles. The van der Waals surface area contributed by atoms with Crippen molar-refractivity contribution in [2.45, 2.75) is 31.2 Å². The fourth-order valence-corrected chi connectivity index (χ4v) is 5.10. The highest BCUT2D eigenvalue weighted by atomic mass is 35.5. The second-order valence-electron chi connectivity index (χ2n) is 8.72. The molecule has 0 aliphatic carbocycles. The maximum atomic E-state index is 13.5. The van der Waals surface area contributed by atoms with E-state index in [0.717, 1.165) is 4.31 Å². The Morgan fingerprint density at radius 2 is 1.54 bits per heavy atom. The molecule has 7 nitrogen and oxygen atoms in total. The van der Waals surface area contributed by atoms with Gasteiger partial charge >= 0.3 is 0 Å². The minimum Gasteiger partial charge on any atom is -0.347 e. The number of nitrogens with zero attached hydrogens (tertiary/aromatic N) is 1. The van der Waals surface area contributed by atoms with Crippen LogP contribution in [-0.2, 0) is 14.8 Å². The Morgan fingerprint density at radius 3 is 2.20 bits per heavy atom. The lowest BCUT2D eigenvalue weighted by Crippen LogP contribution is -2.41. The molecule has 0 radical (unpaired) electrons. The first-order valence-electron chi connectivity index (χ1n) is 10.6. The molecule has 0 saturated carbocycles. The maximum Gasteiger partial charge on any atom is 0.264 e. The number of para-hydroxylation sites is 1. The van der Waals surface area contributed by atoms with E-state index >= 15 is 0 Å². The highest BCUT2D eigenvalue weighted by molar-refractivity contribution is 7.92. The molecule has 10 heteroatoms. The molecule has 0 fully saturated rings. The van der Waals surface area contributed by atoms with Gasteiger partial charge in [0.2, 0.25) is 5.91 Å². The van der Waals surface area contributed by atoms with Crippen molar-refractivity contribution >= 4 is 56.4 Å². The largest absolute Gasteiger partial charge is 0.347 e. The summed E-state index contributed by atoms with van der Waals surface area (Å²) in [5, 5.41) is 5.86. The van der Waals surface area contributed by atoms with Crippen molar-refractivity contribution in [1.29, 1.82) is 0 Å². The first kappa shape index (κ1) is 26.5. The summed E-state index contributed by atoms with van der Waals surface area (Å²) in [5.74, 6) is -1.04. The molecule has 0 aliphatic rings. The van der Waals surface area contributed by atoms with Crippen molar-refractivity contribution in [3.63, 3.8) is 0 Å². The van der Waals surface area contributed by atoms with Gasteiger partial charge in [-0.05, 0) is 63.2 Å². The Bertz CT molecular complexity index is 1340. The van der Waals surface area contributed by atoms with Gasteiger partial charge in [0.1, 0.15) is 6.54 Å². The van der Waals surface area contributed by atoms with E-state index in [2.05, 4.69) is 10.6 Å². The lowest BCUT2D eigenvalue weighted by Gasteiger charge is -2.25. The second kappa shape index (κ2) is 10.7. The minimum atomic E-state index is -4.18. The number of amides is 2. The standard InChI is InChI=1S/C25H25Cl2N3O4S/c1-25(2,3)29-24(32)19-11-7-8-12-21(19)28-23(31)16-30(22-15-17(26)13-14-20(22)27)35(33,34)18-9-5-4-6-10-18/h4-15H,16H2,1-3H3,(H,28,31)(H,29,32). The highest BCUT2D eigenvalue weighted by Gasteiger charge is 2.29. The van der Waals surface area contributed by atoms with E-state index in [9.17, 15) is 18.0 Å². The molecule has 35 heavy (non-hydrogen) atoms. The van der Waals surface area contributed by atoms with Crippen molar-refractivity contribution in [2.75, 3.05) is 16.2 Å². The number of carbonyl (C=O) groups excluding carboxylic acids is 2. The predicted octanol–water partition coefficient (Wildman–Crippen LogP) is 5.36. The average Bonchev–Trinajstić information content (AvgIpc) is 2.79. The Labute approximate surface area is 215 Å². The van der Waals surface area contributed by atoms with Crippen LogP contribution in [0.5, 0.6) is 0 Å². The molecule has 2 amide bonds. The van der Waals surface area contributed by atoms with Crippen LogP contribution in [0.3, 0.4) is 0 Å². The lowest BCUT2D eigenvalue weighted by atomic mass is 10.1. The van der Waals surface area contributed by atoms with Crippen molar-refractivity contribution < 1.29 is 18.0 Å². The normalized spacial score (nSPS) is 11.6. The van der Waals surface area contributed by atoms with Gasteiger partial charge in [0.15, 0.2) is 0 Å². The lowest BCUT2D eigenvalue weighted by molar-refractivity contribution is -0.114. The van der Waals surface area contributed by atoms with Crippen LogP contribution in [0.25, 0.3) is 0 Å². The summed E-state index contributed by atoms with van der Waals surface area (Å²) in [6.07, 6.45) is 0. The number of sulfonamides is 1. The molecule has 184 valence electrons. The van der Waals surface area contributed by atoms with E-state index in [4.69, 9.17) is 23.2 Å². The fourth-order valence-electron chi connectivity index (χ4n) is 3.21. The number of nitrogens with one attached hydrogen (secondary N) is 2. The molecule has 0 aliphatic heterocycles. The zero-order valence-electron chi connectivity index (χ0n) is 19.4. The number of carbonyl (C=O) groups is 2. The predicted molar refractivity (Wildman–Crippen MR) is 140 cm³/mol. The Balaban J connectivity index is 1.96. The quantitative estimate of drug-likeness (QED) is 0.427.